The van der Waals surface area contributed by atoms with Crippen LogP contribution in [0, 0.1) is 11.8 Å². The summed E-state index contributed by atoms with van der Waals surface area (Å²) < 4.78 is 0. The molecule has 1 heterocycles. The van der Waals surface area contributed by atoms with Crippen LogP contribution >= 0.6 is 11.3 Å². The number of hydrogen-bond donors (Lipinski definition) is 3. The molecular weight excluding hydrogens is 188 g/mol. The lowest BCUT2D eigenvalue weighted by atomic mass is 10.5. The molecule has 0 aliphatic heterocycles. The van der Waals surface area contributed by atoms with E-state index in [0.717, 1.165) is 4.88 Å². The number of carbonyl (C=O) groups is 1. The molecule has 1 aromatic rings. The summed E-state index contributed by atoms with van der Waals surface area (Å²) in [5, 5.41) is 2.79. The zero-order valence-electron chi connectivity index (χ0n) is 6.70. The lowest BCUT2D eigenvalue weighted by Gasteiger charge is -1.91. The summed E-state index contributed by atoms with van der Waals surface area (Å²) in [5.41, 5.74) is 10.1. The van der Waals surface area contributed by atoms with Gasteiger partial charge in [0.15, 0.2) is 5.13 Å². The summed E-state index contributed by atoms with van der Waals surface area (Å²) in [6.07, 6.45) is 1.55. The fourth-order valence-corrected chi connectivity index (χ4v) is 1.33. The Balaban J connectivity index is 2.69. The van der Waals surface area contributed by atoms with Gasteiger partial charge in [0, 0.05) is 0 Å². The molecule has 0 unspecified atom stereocenters. The monoisotopic (exact) mass is 196 g/mol. The van der Waals surface area contributed by atoms with Crippen LogP contribution in [0.1, 0.15) is 4.88 Å². The molecule has 0 saturated carbocycles. The second-order valence-corrected chi connectivity index (χ2v) is 3.06. The second kappa shape index (κ2) is 4.45. The van der Waals surface area contributed by atoms with Gasteiger partial charge in [-0.05, 0) is 0 Å². The van der Waals surface area contributed by atoms with Gasteiger partial charge in [-0.15, -0.1) is 0 Å². The van der Waals surface area contributed by atoms with E-state index in [-0.39, 0.29) is 0 Å². The first-order valence-corrected chi connectivity index (χ1v) is 4.25. The highest BCUT2D eigenvalue weighted by Gasteiger charge is 2.00. The summed E-state index contributed by atoms with van der Waals surface area (Å²) in [6.45, 7) is 0.302. The fourth-order valence-electron chi connectivity index (χ4n) is 0.633. The standard InChI is InChI=1S/C7H8N4OS/c8-3-1-2-5-4-10-7(13-5)11-6(9)12/h4H,3,8H2,(H3,9,10,11,12). The number of aromatic nitrogens is 1. The molecule has 2 amide bonds. The highest BCUT2D eigenvalue weighted by Crippen LogP contribution is 2.16. The number of anilines is 1. The molecule has 0 spiro atoms. The normalized spacial score (nSPS) is 8.69. The number of hydrogen-bond acceptors (Lipinski definition) is 4. The van der Waals surface area contributed by atoms with Crippen molar-refractivity contribution in [1.82, 2.24) is 4.98 Å². The molecule has 6 heteroatoms. The highest BCUT2D eigenvalue weighted by atomic mass is 32.1. The minimum absolute atomic E-state index is 0.302. The van der Waals surface area contributed by atoms with E-state index in [1.165, 1.54) is 11.3 Å². The quantitative estimate of drug-likeness (QED) is 0.549. The Morgan fingerprint density at radius 1 is 1.77 bits per heavy atom. The van der Waals surface area contributed by atoms with E-state index in [4.69, 9.17) is 11.5 Å². The minimum atomic E-state index is -0.632. The van der Waals surface area contributed by atoms with Crippen molar-refractivity contribution in [3.8, 4) is 11.8 Å². The van der Waals surface area contributed by atoms with E-state index in [1.54, 1.807) is 6.20 Å². The molecule has 0 aromatic carbocycles. The van der Waals surface area contributed by atoms with Crippen molar-refractivity contribution in [2.24, 2.45) is 11.5 Å². The summed E-state index contributed by atoms with van der Waals surface area (Å²) in [6, 6.07) is -0.632. The Bertz CT molecular complexity index is 362. The van der Waals surface area contributed by atoms with Crippen LogP contribution in [0.3, 0.4) is 0 Å². The highest BCUT2D eigenvalue weighted by molar-refractivity contribution is 7.16. The first-order valence-electron chi connectivity index (χ1n) is 3.43. The van der Waals surface area contributed by atoms with E-state index >= 15 is 0 Å². The third-order valence-corrected chi connectivity index (χ3v) is 1.88. The van der Waals surface area contributed by atoms with Crippen molar-refractivity contribution in [3.05, 3.63) is 11.1 Å². The predicted octanol–water partition coefficient (Wildman–Crippen LogP) is -0.0561. The van der Waals surface area contributed by atoms with Gasteiger partial charge >= 0.3 is 6.03 Å². The third-order valence-electron chi connectivity index (χ3n) is 1.05. The van der Waals surface area contributed by atoms with Crippen LogP contribution in [0.4, 0.5) is 9.93 Å². The number of amides is 2. The van der Waals surface area contributed by atoms with E-state index < -0.39 is 6.03 Å². The van der Waals surface area contributed by atoms with Gasteiger partial charge < -0.3 is 11.5 Å². The topological polar surface area (TPSA) is 94.0 Å². The minimum Gasteiger partial charge on any atom is -0.351 e. The van der Waals surface area contributed by atoms with Gasteiger partial charge in [-0.1, -0.05) is 23.2 Å². The molecule has 0 aliphatic carbocycles. The molecular formula is C7H8N4OS. The Morgan fingerprint density at radius 2 is 2.54 bits per heavy atom. The lowest BCUT2D eigenvalue weighted by molar-refractivity contribution is 0.259. The summed E-state index contributed by atoms with van der Waals surface area (Å²) >= 11 is 1.25. The fraction of sp³-hybridized carbons (Fsp3) is 0.143. The Morgan fingerprint density at radius 3 is 3.15 bits per heavy atom. The summed E-state index contributed by atoms with van der Waals surface area (Å²) in [4.78, 5) is 15.0. The van der Waals surface area contributed by atoms with Gasteiger partial charge in [-0.2, -0.15) is 0 Å². The summed E-state index contributed by atoms with van der Waals surface area (Å²) in [7, 11) is 0. The number of rotatable bonds is 1. The first kappa shape index (κ1) is 9.51. The van der Waals surface area contributed by atoms with Crippen molar-refractivity contribution in [2.75, 3.05) is 11.9 Å². The van der Waals surface area contributed by atoms with E-state index in [1.807, 2.05) is 0 Å². The smallest absolute Gasteiger partial charge is 0.318 e. The molecule has 1 rings (SSSR count). The number of nitrogens with two attached hydrogens (primary N) is 2. The lowest BCUT2D eigenvalue weighted by Crippen LogP contribution is -2.18. The van der Waals surface area contributed by atoms with E-state index in [0.29, 0.717) is 11.7 Å². The zero-order valence-corrected chi connectivity index (χ0v) is 7.52. The third kappa shape index (κ3) is 3.11. The maximum atomic E-state index is 10.4. The molecule has 1 aromatic heterocycles. The number of carbonyl (C=O) groups excluding carboxylic acids is 1. The van der Waals surface area contributed by atoms with Gasteiger partial charge in [-0.3, -0.25) is 5.32 Å². The SMILES string of the molecule is NCC#Cc1cnc(NC(N)=O)s1. The molecule has 13 heavy (non-hydrogen) atoms. The Kier molecular flexibility index (Phi) is 3.25. The van der Waals surface area contributed by atoms with E-state index in [9.17, 15) is 4.79 Å². The van der Waals surface area contributed by atoms with Gasteiger partial charge in [0.05, 0.1) is 17.6 Å². The number of thiazole rings is 1. The van der Waals surface area contributed by atoms with Crippen LogP contribution in [-0.2, 0) is 0 Å². The molecule has 0 aliphatic rings. The first-order chi connectivity index (χ1) is 6.22. The van der Waals surface area contributed by atoms with Crippen LogP contribution < -0.4 is 16.8 Å². The van der Waals surface area contributed by atoms with Crippen molar-refractivity contribution in [1.29, 1.82) is 0 Å². The molecule has 0 bridgehead atoms. The van der Waals surface area contributed by atoms with Gasteiger partial charge in [0.1, 0.15) is 0 Å². The Labute approximate surface area is 79.1 Å². The molecule has 68 valence electrons. The predicted molar refractivity (Wildman–Crippen MR) is 51.3 cm³/mol. The largest absolute Gasteiger partial charge is 0.351 e. The average Bonchev–Trinajstić information content (AvgIpc) is 2.48. The molecule has 0 saturated heterocycles. The zero-order chi connectivity index (χ0) is 9.68. The number of nitrogens with one attached hydrogen (secondary N) is 1. The van der Waals surface area contributed by atoms with Crippen LogP contribution in [0.5, 0.6) is 0 Å². The molecule has 0 radical (unpaired) electrons. The van der Waals surface area contributed by atoms with Gasteiger partial charge in [0.25, 0.3) is 0 Å². The summed E-state index contributed by atoms with van der Waals surface area (Å²) in [5.74, 6) is 5.46. The molecule has 0 fully saturated rings. The van der Waals surface area contributed by atoms with Crippen LogP contribution in [0.2, 0.25) is 0 Å². The van der Waals surface area contributed by atoms with Crippen molar-refractivity contribution in [2.45, 2.75) is 0 Å². The molecule has 5 N–H and O–H groups in total. The van der Waals surface area contributed by atoms with E-state index in [2.05, 4.69) is 22.1 Å². The van der Waals surface area contributed by atoms with Gasteiger partial charge in [0.2, 0.25) is 0 Å². The van der Waals surface area contributed by atoms with Crippen LogP contribution in [-0.4, -0.2) is 17.6 Å². The van der Waals surface area contributed by atoms with Gasteiger partial charge in [-0.25, -0.2) is 9.78 Å². The van der Waals surface area contributed by atoms with Crippen molar-refractivity contribution >= 4 is 22.5 Å². The maximum absolute atomic E-state index is 10.4. The average molecular weight is 196 g/mol. The maximum Gasteiger partial charge on any atom is 0.318 e. The second-order valence-electron chi connectivity index (χ2n) is 2.02. The number of urea groups is 1. The van der Waals surface area contributed by atoms with Crippen LogP contribution in [0.25, 0.3) is 0 Å². The molecule has 0 atom stereocenters. The van der Waals surface area contributed by atoms with Crippen molar-refractivity contribution in [3.63, 3.8) is 0 Å². The number of primary amides is 1. The Hall–Kier alpha value is -1.58. The molecule has 5 nitrogen and oxygen atoms in total. The number of nitrogens with zero attached hydrogens (tertiary/aromatic N) is 1. The van der Waals surface area contributed by atoms with Crippen molar-refractivity contribution < 1.29 is 4.79 Å². The van der Waals surface area contributed by atoms with Crippen LogP contribution in [0.15, 0.2) is 6.20 Å².